The third kappa shape index (κ3) is 2.24. The van der Waals surface area contributed by atoms with Gasteiger partial charge < -0.3 is 9.64 Å². The molecule has 0 aromatic carbocycles. The van der Waals surface area contributed by atoms with Crippen molar-refractivity contribution in [1.82, 2.24) is 4.90 Å². The van der Waals surface area contributed by atoms with Crippen molar-refractivity contribution in [1.29, 1.82) is 0 Å². The summed E-state index contributed by atoms with van der Waals surface area (Å²) in [5.74, 6) is 3.31. The van der Waals surface area contributed by atoms with Gasteiger partial charge in [0.15, 0.2) is 0 Å². The molecule has 2 nitrogen and oxygen atoms in total. The van der Waals surface area contributed by atoms with Crippen LogP contribution in [-0.2, 0) is 4.74 Å². The van der Waals surface area contributed by atoms with Gasteiger partial charge in [-0.15, -0.1) is 6.42 Å². The van der Waals surface area contributed by atoms with E-state index in [0.29, 0.717) is 12.7 Å². The van der Waals surface area contributed by atoms with E-state index < -0.39 is 0 Å². The van der Waals surface area contributed by atoms with Crippen LogP contribution in [0.5, 0.6) is 0 Å². The van der Waals surface area contributed by atoms with Crippen LogP contribution in [0.25, 0.3) is 0 Å². The van der Waals surface area contributed by atoms with Gasteiger partial charge in [0.1, 0.15) is 6.61 Å². The number of piperidine rings is 3. The Hall–Kier alpha value is -0.520. The van der Waals surface area contributed by atoms with Gasteiger partial charge in [0, 0.05) is 6.54 Å². The maximum Gasteiger partial charge on any atom is 0.107 e. The molecule has 1 atom stereocenters. The topological polar surface area (TPSA) is 12.5 Å². The van der Waals surface area contributed by atoms with Crippen molar-refractivity contribution < 1.29 is 4.74 Å². The zero-order valence-corrected chi connectivity index (χ0v) is 7.33. The third-order valence-corrected chi connectivity index (χ3v) is 2.98. The highest BCUT2D eigenvalue weighted by atomic mass is 16.5. The Morgan fingerprint density at radius 2 is 2.08 bits per heavy atom. The third-order valence-electron chi connectivity index (χ3n) is 2.98. The molecule has 0 spiro atoms. The molecule has 3 saturated heterocycles. The summed E-state index contributed by atoms with van der Waals surface area (Å²) in [6, 6.07) is 0. The first-order valence-corrected chi connectivity index (χ1v) is 4.67. The molecule has 3 rings (SSSR count). The van der Waals surface area contributed by atoms with E-state index in [-0.39, 0.29) is 7.43 Å². The van der Waals surface area contributed by atoms with E-state index in [0.717, 1.165) is 12.5 Å². The number of ether oxygens (including phenoxy) is 1. The molecule has 0 aliphatic carbocycles. The van der Waals surface area contributed by atoms with Crippen molar-refractivity contribution in [3.8, 4) is 12.3 Å². The van der Waals surface area contributed by atoms with E-state index in [1.54, 1.807) is 0 Å². The summed E-state index contributed by atoms with van der Waals surface area (Å²) in [7, 11) is 0. The minimum Gasteiger partial charge on any atom is -0.364 e. The zero-order valence-electron chi connectivity index (χ0n) is 7.33. The molecule has 3 heterocycles. The van der Waals surface area contributed by atoms with Gasteiger partial charge in [-0.1, -0.05) is 13.3 Å². The second kappa shape index (κ2) is 4.64. The monoisotopic (exact) mass is 181 g/mol. The summed E-state index contributed by atoms with van der Waals surface area (Å²) in [5, 5.41) is 0. The summed E-state index contributed by atoms with van der Waals surface area (Å²) < 4.78 is 5.59. The van der Waals surface area contributed by atoms with Crippen molar-refractivity contribution in [3.63, 3.8) is 0 Å². The normalized spacial score (nSPS) is 36.4. The number of hydrogen-bond donors (Lipinski definition) is 0. The molecular weight excluding hydrogens is 162 g/mol. The number of terminal acetylenes is 1. The maximum absolute atomic E-state index is 5.59. The van der Waals surface area contributed by atoms with Crippen LogP contribution in [0.4, 0.5) is 0 Å². The summed E-state index contributed by atoms with van der Waals surface area (Å²) in [4.78, 5) is 2.47. The highest BCUT2D eigenvalue weighted by Crippen LogP contribution is 2.29. The summed E-state index contributed by atoms with van der Waals surface area (Å²) in [6.45, 7) is 4.11. The van der Waals surface area contributed by atoms with E-state index in [2.05, 4.69) is 10.8 Å². The fourth-order valence-electron chi connectivity index (χ4n) is 2.25. The van der Waals surface area contributed by atoms with Crippen LogP contribution in [0.3, 0.4) is 0 Å². The number of nitrogens with zero attached hydrogens (tertiary/aromatic N) is 1. The van der Waals surface area contributed by atoms with E-state index >= 15 is 0 Å². The van der Waals surface area contributed by atoms with Crippen molar-refractivity contribution in [2.45, 2.75) is 26.4 Å². The molecule has 13 heavy (non-hydrogen) atoms. The van der Waals surface area contributed by atoms with Gasteiger partial charge >= 0.3 is 0 Å². The van der Waals surface area contributed by atoms with E-state index in [1.165, 1.54) is 25.9 Å². The number of fused-ring (bicyclic) bond motifs is 3. The summed E-state index contributed by atoms with van der Waals surface area (Å²) in [6.07, 6.45) is 8.18. The van der Waals surface area contributed by atoms with Crippen LogP contribution in [0.15, 0.2) is 0 Å². The van der Waals surface area contributed by atoms with Gasteiger partial charge in [0.2, 0.25) is 0 Å². The van der Waals surface area contributed by atoms with Gasteiger partial charge in [-0.3, -0.25) is 0 Å². The Balaban J connectivity index is 0.000000845. The molecule has 3 aliphatic heterocycles. The van der Waals surface area contributed by atoms with E-state index in [9.17, 15) is 0 Å². The van der Waals surface area contributed by atoms with Gasteiger partial charge in [-0.25, -0.2) is 0 Å². The Morgan fingerprint density at radius 3 is 2.54 bits per heavy atom. The van der Waals surface area contributed by atoms with Crippen molar-refractivity contribution in [3.05, 3.63) is 0 Å². The Labute approximate surface area is 81.3 Å². The van der Waals surface area contributed by atoms with E-state index in [1.807, 2.05) is 0 Å². The smallest absolute Gasteiger partial charge is 0.107 e. The molecule has 0 N–H and O–H groups in total. The molecule has 3 fully saturated rings. The predicted molar refractivity (Wildman–Crippen MR) is 54.5 cm³/mol. The average molecular weight is 181 g/mol. The largest absolute Gasteiger partial charge is 0.364 e. The van der Waals surface area contributed by atoms with Gasteiger partial charge in [-0.2, -0.15) is 0 Å². The first-order valence-electron chi connectivity index (χ1n) is 4.67. The summed E-state index contributed by atoms with van der Waals surface area (Å²) >= 11 is 0. The minimum absolute atomic E-state index is 0. The van der Waals surface area contributed by atoms with E-state index in [4.69, 9.17) is 11.2 Å². The number of hydrogen-bond acceptors (Lipinski definition) is 2. The molecule has 1 unspecified atom stereocenters. The standard InChI is InChI=1S/C10H15NO.CH4/c1-2-7-12-10-8-11-5-3-9(10)4-6-11;/h1,9-10H,3-8H2;1H4. The first kappa shape index (κ1) is 10.6. The van der Waals surface area contributed by atoms with Crippen LogP contribution in [0, 0.1) is 18.3 Å². The van der Waals surface area contributed by atoms with Gasteiger partial charge in [0.05, 0.1) is 6.10 Å². The predicted octanol–water partition coefficient (Wildman–Crippen LogP) is 1.37. The van der Waals surface area contributed by atoms with Crippen molar-refractivity contribution in [2.75, 3.05) is 26.2 Å². The summed E-state index contributed by atoms with van der Waals surface area (Å²) in [5.41, 5.74) is 0. The minimum atomic E-state index is 0. The molecule has 2 heteroatoms. The lowest BCUT2D eigenvalue weighted by Crippen LogP contribution is -2.51. The lowest BCUT2D eigenvalue weighted by atomic mass is 9.86. The second-order valence-electron chi connectivity index (χ2n) is 3.69. The van der Waals surface area contributed by atoms with Crippen LogP contribution < -0.4 is 0 Å². The van der Waals surface area contributed by atoms with Crippen LogP contribution in [-0.4, -0.2) is 37.2 Å². The molecule has 3 aliphatic rings. The molecule has 0 aromatic rings. The molecule has 0 saturated carbocycles. The lowest BCUT2D eigenvalue weighted by molar-refractivity contribution is -0.0588. The first-order chi connectivity index (χ1) is 5.90. The van der Waals surface area contributed by atoms with Crippen molar-refractivity contribution >= 4 is 0 Å². The maximum atomic E-state index is 5.59. The quantitative estimate of drug-likeness (QED) is 0.597. The lowest BCUT2D eigenvalue weighted by Gasteiger charge is -2.44. The molecule has 74 valence electrons. The highest BCUT2D eigenvalue weighted by molar-refractivity contribution is 4.90. The second-order valence-corrected chi connectivity index (χ2v) is 3.69. The van der Waals surface area contributed by atoms with Crippen molar-refractivity contribution in [2.24, 2.45) is 5.92 Å². The Bertz CT molecular complexity index is 189. The fraction of sp³-hybridized carbons (Fsp3) is 0.818. The average Bonchev–Trinajstić information content (AvgIpc) is 2.17. The fourth-order valence-corrected chi connectivity index (χ4v) is 2.25. The molecule has 0 aromatic heterocycles. The Kier molecular flexibility index (Phi) is 3.77. The molecule has 0 amide bonds. The van der Waals surface area contributed by atoms with Gasteiger partial charge in [0.25, 0.3) is 0 Å². The Morgan fingerprint density at radius 1 is 1.38 bits per heavy atom. The molecule has 2 bridgehead atoms. The van der Waals surface area contributed by atoms with Crippen LogP contribution in [0.2, 0.25) is 0 Å². The van der Waals surface area contributed by atoms with Crippen LogP contribution in [0.1, 0.15) is 20.3 Å². The number of rotatable bonds is 2. The molecular formula is C11H19NO. The molecule has 0 radical (unpaired) electrons. The highest BCUT2D eigenvalue weighted by Gasteiger charge is 2.34. The van der Waals surface area contributed by atoms with Gasteiger partial charge in [-0.05, 0) is 31.8 Å². The SMILES string of the molecule is C.C#CCOC1CN2CCC1CC2. The zero-order chi connectivity index (χ0) is 8.39. The van der Waals surface area contributed by atoms with Crippen LogP contribution >= 0.6 is 0 Å².